The molecule has 1 aromatic carbocycles. The molecule has 0 saturated heterocycles. The number of sulfonamides is 1. The molecule has 0 heterocycles. The van der Waals surface area contributed by atoms with Crippen molar-refractivity contribution in [1.29, 1.82) is 0 Å². The average molecular weight is 366 g/mol. The summed E-state index contributed by atoms with van der Waals surface area (Å²) in [6.45, 7) is 0.258. The largest absolute Gasteiger partial charge is 0.481 e. The highest BCUT2D eigenvalue weighted by Gasteiger charge is 2.15. The van der Waals surface area contributed by atoms with E-state index in [0.717, 1.165) is 4.47 Å². The Morgan fingerprint density at radius 1 is 1.45 bits per heavy atom. The van der Waals surface area contributed by atoms with Crippen LogP contribution in [0.1, 0.15) is 18.4 Å². The molecule has 0 aliphatic carbocycles. The van der Waals surface area contributed by atoms with Gasteiger partial charge in [-0.15, -0.1) is 0 Å². The molecule has 2 N–H and O–H groups in total. The van der Waals surface area contributed by atoms with Crippen LogP contribution in [0.25, 0.3) is 0 Å². The zero-order chi connectivity index (χ0) is 15.2. The van der Waals surface area contributed by atoms with Gasteiger partial charge in [0.1, 0.15) is 0 Å². The van der Waals surface area contributed by atoms with E-state index in [0.29, 0.717) is 11.3 Å². The van der Waals surface area contributed by atoms with Crippen LogP contribution in [0, 0.1) is 0 Å². The van der Waals surface area contributed by atoms with Crippen molar-refractivity contribution in [2.75, 3.05) is 17.6 Å². The van der Waals surface area contributed by atoms with Crippen LogP contribution < -0.4 is 4.72 Å². The van der Waals surface area contributed by atoms with Gasteiger partial charge in [0, 0.05) is 23.6 Å². The molecule has 0 fully saturated rings. The summed E-state index contributed by atoms with van der Waals surface area (Å²) in [4.78, 5) is 10.4. The quantitative estimate of drug-likeness (QED) is 0.736. The summed E-state index contributed by atoms with van der Waals surface area (Å²) in [7, 11) is -2.06. The van der Waals surface area contributed by atoms with Gasteiger partial charge in [0.2, 0.25) is 10.0 Å². The second-order valence-corrected chi connectivity index (χ2v) is 6.81. The van der Waals surface area contributed by atoms with Crippen LogP contribution in [-0.2, 0) is 26.2 Å². The fraction of sp³-hybridized carbons (Fsp3) is 0.417. The number of carboxylic acid groups (broad SMARTS) is 1. The van der Waals surface area contributed by atoms with Crippen molar-refractivity contribution in [3.05, 3.63) is 28.2 Å². The summed E-state index contributed by atoms with van der Waals surface area (Å²) in [5.74, 6) is -1.25. The molecule has 0 radical (unpaired) electrons. The highest BCUT2D eigenvalue weighted by atomic mass is 79.9. The zero-order valence-corrected chi connectivity index (χ0v) is 13.3. The normalized spacial score (nSPS) is 11.3. The number of nitrogens with one attached hydrogen (secondary N) is 1. The van der Waals surface area contributed by atoms with Crippen LogP contribution in [0.5, 0.6) is 0 Å². The second kappa shape index (κ2) is 7.61. The molecule has 8 heteroatoms. The molecule has 0 aliphatic rings. The molecule has 6 nitrogen and oxygen atoms in total. The van der Waals surface area contributed by atoms with E-state index in [-0.39, 0.29) is 25.2 Å². The number of ether oxygens (including phenoxy) is 1. The topological polar surface area (TPSA) is 92.7 Å². The van der Waals surface area contributed by atoms with Crippen molar-refractivity contribution in [1.82, 2.24) is 0 Å². The Morgan fingerprint density at radius 3 is 2.75 bits per heavy atom. The Balaban J connectivity index is 2.81. The van der Waals surface area contributed by atoms with Gasteiger partial charge in [-0.3, -0.25) is 9.52 Å². The predicted octanol–water partition coefficient (Wildman–Crippen LogP) is 2.20. The van der Waals surface area contributed by atoms with Crippen molar-refractivity contribution in [2.45, 2.75) is 19.4 Å². The third kappa shape index (κ3) is 5.48. The van der Waals surface area contributed by atoms with Crippen molar-refractivity contribution in [3.8, 4) is 0 Å². The van der Waals surface area contributed by atoms with Gasteiger partial charge in [-0.1, -0.05) is 22.0 Å². The predicted molar refractivity (Wildman–Crippen MR) is 79.1 cm³/mol. The number of halogens is 1. The molecule has 0 bridgehead atoms. The Bertz CT molecular complexity index is 573. The van der Waals surface area contributed by atoms with Crippen LogP contribution >= 0.6 is 15.9 Å². The van der Waals surface area contributed by atoms with Gasteiger partial charge < -0.3 is 9.84 Å². The monoisotopic (exact) mass is 365 g/mol. The first-order chi connectivity index (χ1) is 9.35. The van der Waals surface area contributed by atoms with Gasteiger partial charge in [0.15, 0.2) is 0 Å². The first-order valence-corrected chi connectivity index (χ1v) is 8.29. The molecule has 0 unspecified atom stereocenters. The lowest BCUT2D eigenvalue weighted by atomic mass is 10.2. The molecule has 0 spiro atoms. The Kier molecular flexibility index (Phi) is 6.44. The summed E-state index contributed by atoms with van der Waals surface area (Å²) in [5, 5.41) is 8.51. The minimum atomic E-state index is -3.58. The van der Waals surface area contributed by atoms with Crippen LogP contribution in [0.2, 0.25) is 0 Å². The number of hydrogen-bond acceptors (Lipinski definition) is 4. The second-order valence-electron chi connectivity index (χ2n) is 4.12. The molecule has 0 amide bonds. The SMILES string of the molecule is COCc1c(Br)cccc1NS(=O)(=O)CCCC(=O)O. The molecule has 0 atom stereocenters. The van der Waals surface area contributed by atoms with Crippen molar-refractivity contribution >= 4 is 37.6 Å². The number of carbonyl (C=O) groups is 1. The number of aliphatic carboxylic acids is 1. The van der Waals surface area contributed by atoms with Gasteiger partial charge in [0.05, 0.1) is 18.0 Å². The highest BCUT2D eigenvalue weighted by Crippen LogP contribution is 2.26. The zero-order valence-electron chi connectivity index (χ0n) is 10.9. The Hall–Kier alpha value is -1.12. The number of anilines is 1. The van der Waals surface area contributed by atoms with E-state index in [4.69, 9.17) is 9.84 Å². The first-order valence-electron chi connectivity index (χ1n) is 5.84. The van der Waals surface area contributed by atoms with E-state index < -0.39 is 16.0 Å². The summed E-state index contributed by atoms with van der Waals surface area (Å²) in [6.07, 6.45) is -0.109. The highest BCUT2D eigenvalue weighted by molar-refractivity contribution is 9.10. The van der Waals surface area contributed by atoms with E-state index >= 15 is 0 Å². The van der Waals surface area contributed by atoms with Gasteiger partial charge in [-0.25, -0.2) is 8.42 Å². The molecule has 0 saturated carbocycles. The number of carboxylic acids is 1. The summed E-state index contributed by atoms with van der Waals surface area (Å²) in [6, 6.07) is 5.13. The number of methoxy groups -OCH3 is 1. The minimum Gasteiger partial charge on any atom is -0.481 e. The third-order valence-electron chi connectivity index (χ3n) is 2.48. The number of rotatable bonds is 8. The number of benzene rings is 1. The molecule has 0 aliphatic heterocycles. The molecular formula is C12H16BrNO5S. The molecule has 1 aromatic rings. The molecule has 112 valence electrons. The molecule has 0 aromatic heterocycles. The van der Waals surface area contributed by atoms with Gasteiger partial charge in [-0.2, -0.15) is 0 Å². The van der Waals surface area contributed by atoms with E-state index in [2.05, 4.69) is 20.7 Å². The standard InChI is InChI=1S/C12H16BrNO5S/c1-19-8-9-10(13)4-2-5-11(9)14-20(17,18)7-3-6-12(15)16/h2,4-5,14H,3,6-8H2,1H3,(H,15,16). The molecular weight excluding hydrogens is 350 g/mol. The lowest BCUT2D eigenvalue weighted by Crippen LogP contribution is -2.18. The summed E-state index contributed by atoms with van der Waals surface area (Å²) >= 11 is 3.33. The van der Waals surface area contributed by atoms with Crippen LogP contribution in [-0.4, -0.2) is 32.4 Å². The lowest BCUT2D eigenvalue weighted by Gasteiger charge is -2.13. The maximum Gasteiger partial charge on any atom is 0.303 e. The van der Waals surface area contributed by atoms with E-state index in [1.165, 1.54) is 7.11 Å². The Morgan fingerprint density at radius 2 is 2.15 bits per heavy atom. The maximum atomic E-state index is 11.9. The van der Waals surface area contributed by atoms with Gasteiger partial charge in [0.25, 0.3) is 0 Å². The Labute approximate surface area is 126 Å². The third-order valence-corrected chi connectivity index (χ3v) is 4.58. The number of hydrogen-bond donors (Lipinski definition) is 2. The van der Waals surface area contributed by atoms with E-state index in [1.54, 1.807) is 18.2 Å². The fourth-order valence-electron chi connectivity index (χ4n) is 1.58. The maximum absolute atomic E-state index is 11.9. The smallest absolute Gasteiger partial charge is 0.303 e. The van der Waals surface area contributed by atoms with Crippen LogP contribution in [0.3, 0.4) is 0 Å². The fourth-order valence-corrected chi connectivity index (χ4v) is 3.21. The van der Waals surface area contributed by atoms with Crippen molar-refractivity contribution in [2.24, 2.45) is 0 Å². The molecule has 20 heavy (non-hydrogen) atoms. The average Bonchev–Trinajstić information content (AvgIpc) is 2.32. The summed E-state index contributed by atoms with van der Waals surface area (Å²) in [5.41, 5.74) is 1.12. The first kappa shape index (κ1) is 16.9. The van der Waals surface area contributed by atoms with Crippen molar-refractivity contribution < 1.29 is 23.1 Å². The van der Waals surface area contributed by atoms with E-state index in [1.807, 2.05) is 0 Å². The summed E-state index contributed by atoms with van der Waals surface area (Å²) < 4.78 is 32.0. The van der Waals surface area contributed by atoms with Crippen molar-refractivity contribution in [3.63, 3.8) is 0 Å². The van der Waals surface area contributed by atoms with Crippen LogP contribution in [0.15, 0.2) is 22.7 Å². The minimum absolute atomic E-state index is 0.0677. The lowest BCUT2D eigenvalue weighted by molar-refractivity contribution is -0.137. The van der Waals surface area contributed by atoms with Gasteiger partial charge >= 0.3 is 5.97 Å². The van der Waals surface area contributed by atoms with Crippen LogP contribution in [0.4, 0.5) is 5.69 Å². The molecule has 1 rings (SSSR count). The van der Waals surface area contributed by atoms with Gasteiger partial charge in [-0.05, 0) is 18.6 Å². The van der Waals surface area contributed by atoms with E-state index in [9.17, 15) is 13.2 Å².